The zero-order chi connectivity index (χ0) is 12.3. The summed E-state index contributed by atoms with van der Waals surface area (Å²) in [5.41, 5.74) is 2.35. The van der Waals surface area contributed by atoms with Crippen LogP contribution in [0, 0.1) is 6.92 Å². The second kappa shape index (κ2) is 5.76. The quantitative estimate of drug-likeness (QED) is 0.838. The summed E-state index contributed by atoms with van der Waals surface area (Å²) in [6.07, 6.45) is 2.19. The van der Waals surface area contributed by atoms with Crippen LogP contribution in [-0.4, -0.2) is 33.1 Å². The van der Waals surface area contributed by atoms with Crippen molar-refractivity contribution in [3.63, 3.8) is 0 Å². The highest BCUT2D eigenvalue weighted by molar-refractivity contribution is 7.98. The molecule has 1 aromatic rings. The topological polar surface area (TPSA) is 30.5 Å². The summed E-state index contributed by atoms with van der Waals surface area (Å²) in [6.45, 7) is 4.62. The zero-order valence-corrected chi connectivity index (χ0v) is 11.4. The molecule has 1 aliphatic heterocycles. The van der Waals surface area contributed by atoms with Crippen LogP contribution in [0.2, 0.25) is 0 Å². The number of nitrogens with one attached hydrogen (secondary N) is 1. The molecule has 1 unspecified atom stereocenters. The van der Waals surface area contributed by atoms with Gasteiger partial charge >= 0.3 is 0 Å². The van der Waals surface area contributed by atoms with Gasteiger partial charge in [-0.25, -0.2) is 0 Å². The van der Waals surface area contributed by atoms with Crippen molar-refractivity contribution in [3.05, 3.63) is 23.3 Å². The second-order valence-electron chi connectivity index (χ2n) is 4.10. The first-order valence-corrected chi connectivity index (χ1v) is 7.04. The SMILES string of the molecule is COc1c(C)ccc(SC)c1C1CNCCO1. The van der Waals surface area contributed by atoms with E-state index in [1.54, 1.807) is 18.9 Å². The van der Waals surface area contributed by atoms with Gasteiger partial charge in [-0.15, -0.1) is 11.8 Å². The number of benzene rings is 1. The summed E-state index contributed by atoms with van der Waals surface area (Å²) in [5, 5.41) is 3.37. The molecule has 0 spiro atoms. The maximum atomic E-state index is 5.85. The summed E-state index contributed by atoms with van der Waals surface area (Å²) < 4.78 is 11.4. The van der Waals surface area contributed by atoms with Gasteiger partial charge in [0.15, 0.2) is 0 Å². The van der Waals surface area contributed by atoms with Crippen molar-refractivity contribution in [3.8, 4) is 5.75 Å². The molecule has 0 aromatic heterocycles. The van der Waals surface area contributed by atoms with Crippen molar-refractivity contribution in [1.29, 1.82) is 0 Å². The number of thioether (sulfide) groups is 1. The van der Waals surface area contributed by atoms with Crippen LogP contribution in [0.25, 0.3) is 0 Å². The van der Waals surface area contributed by atoms with Gasteiger partial charge in [-0.05, 0) is 24.8 Å². The molecule has 1 atom stereocenters. The Morgan fingerprint density at radius 3 is 2.88 bits per heavy atom. The largest absolute Gasteiger partial charge is 0.496 e. The van der Waals surface area contributed by atoms with Gasteiger partial charge in [-0.3, -0.25) is 0 Å². The fourth-order valence-electron chi connectivity index (χ4n) is 2.20. The fraction of sp³-hybridized carbons (Fsp3) is 0.538. The number of rotatable bonds is 3. The lowest BCUT2D eigenvalue weighted by atomic mass is 10.0. The Hall–Kier alpha value is -0.710. The summed E-state index contributed by atoms with van der Waals surface area (Å²) >= 11 is 1.74. The number of hydrogen-bond acceptors (Lipinski definition) is 4. The van der Waals surface area contributed by atoms with E-state index in [4.69, 9.17) is 9.47 Å². The van der Waals surface area contributed by atoms with Gasteiger partial charge in [0.05, 0.1) is 19.8 Å². The fourth-order valence-corrected chi connectivity index (χ4v) is 2.84. The van der Waals surface area contributed by atoms with Gasteiger partial charge < -0.3 is 14.8 Å². The minimum absolute atomic E-state index is 0.0982. The van der Waals surface area contributed by atoms with Gasteiger partial charge in [-0.1, -0.05) is 6.07 Å². The molecule has 1 fully saturated rings. The van der Waals surface area contributed by atoms with Crippen LogP contribution in [0.15, 0.2) is 17.0 Å². The molecule has 0 radical (unpaired) electrons. The van der Waals surface area contributed by atoms with E-state index >= 15 is 0 Å². The molecule has 0 aliphatic carbocycles. The van der Waals surface area contributed by atoms with Crippen LogP contribution in [0.4, 0.5) is 0 Å². The number of hydrogen-bond donors (Lipinski definition) is 1. The third-order valence-corrected chi connectivity index (χ3v) is 3.82. The maximum Gasteiger partial charge on any atom is 0.128 e. The zero-order valence-electron chi connectivity index (χ0n) is 10.6. The number of methoxy groups -OCH3 is 1. The second-order valence-corrected chi connectivity index (χ2v) is 4.94. The standard InChI is InChI=1S/C13H19NO2S/c1-9-4-5-11(17-3)12(13(9)15-2)10-8-14-6-7-16-10/h4-5,10,14H,6-8H2,1-3H3. The number of aryl methyl sites for hydroxylation is 1. The average molecular weight is 253 g/mol. The molecule has 0 amide bonds. The lowest BCUT2D eigenvalue weighted by Crippen LogP contribution is -2.33. The third kappa shape index (κ3) is 2.59. The molecule has 1 saturated heterocycles. The predicted molar refractivity (Wildman–Crippen MR) is 71.1 cm³/mol. The Kier molecular flexibility index (Phi) is 4.31. The van der Waals surface area contributed by atoms with Gasteiger partial charge in [0.25, 0.3) is 0 Å². The molecule has 3 nitrogen and oxygen atoms in total. The minimum Gasteiger partial charge on any atom is -0.496 e. The maximum absolute atomic E-state index is 5.85. The van der Waals surface area contributed by atoms with Gasteiger partial charge in [-0.2, -0.15) is 0 Å². The van der Waals surface area contributed by atoms with E-state index < -0.39 is 0 Å². The van der Waals surface area contributed by atoms with Crippen LogP contribution in [0.3, 0.4) is 0 Å². The Bertz CT molecular complexity index is 389. The molecule has 2 rings (SSSR count). The summed E-state index contributed by atoms with van der Waals surface area (Å²) in [5.74, 6) is 0.963. The Morgan fingerprint density at radius 2 is 2.29 bits per heavy atom. The highest BCUT2D eigenvalue weighted by Crippen LogP contribution is 2.38. The number of morpholine rings is 1. The normalized spacial score (nSPS) is 20.3. The molecule has 17 heavy (non-hydrogen) atoms. The van der Waals surface area contributed by atoms with Crippen LogP contribution < -0.4 is 10.1 Å². The van der Waals surface area contributed by atoms with Crippen LogP contribution in [0.1, 0.15) is 17.2 Å². The monoisotopic (exact) mass is 253 g/mol. The molecular weight excluding hydrogens is 234 g/mol. The summed E-state index contributed by atoms with van der Waals surface area (Å²) in [7, 11) is 1.73. The molecular formula is C13H19NO2S. The highest BCUT2D eigenvalue weighted by Gasteiger charge is 2.23. The van der Waals surface area contributed by atoms with E-state index in [0.717, 1.165) is 31.0 Å². The van der Waals surface area contributed by atoms with Crippen molar-refractivity contribution in [2.75, 3.05) is 33.1 Å². The van der Waals surface area contributed by atoms with E-state index in [-0.39, 0.29) is 6.10 Å². The molecule has 1 aliphatic rings. The number of ether oxygens (including phenoxy) is 2. The molecule has 1 N–H and O–H groups in total. The van der Waals surface area contributed by atoms with Crippen molar-refractivity contribution in [2.45, 2.75) is 17.9 Å². The van der Waals surface area contributed by atoms with Crippen molar-refractivity contribution < 1.29 is 9.47 Å². The van der Waals surface area contributed by atoms with Crippen LogP contribution in [0.5, 0.6) is 5.75 Å². The first-order chi connectivity index (χ1) is 8.27. The first kappa shape index (κ1) is 12.7. The van der Waals surface area contributed by atoms with Gasteiger partial charge in [0.1, 0.15) is 5.75 Å². The van der Waals surface area contributed by atoms with E-state index in [2.05, 4.69) is 30.6 Å². The van der Waals surface area contributed by atoms with Gasteiger partial charge in [0, 0.05) is 23.5 Å². The van der Waals surface area contributed by atoms with E-state index in [0.29, 0.717) is 0 Å². The average Bonchev–Trinajstić information content (AvgIpc) is 2.39. The highest BCUT2D eigenvalue weighted by atomic mass is 32.2. The Balaban J connectivity index is 2.43. The summed E-state index contributed by atoms with van der Waals surface area (Å²) in [4.78, 5) is 1.24. The minimum atomic E-state index is 0.0982. The van der Waals surface area contributed by atoms with E-state index in [1.807, 2.05) is 0 Å². The first-order valence-electron chi connectivity index (χ1n) is 5.81. The lowest BCUT2D eigenvalue weighted by molar-refractivity contribution is 0.0245. The van der Waals surface area contributed by atoms with Crippen LogP contribution in [-0.2, 0) is 4.74 Å². The van der Waals surface area contributed by atoms with Crippen molar-refractivity contribution in [2.24, 2.45) is 0 Å². The molecule has 94 valence electrons. The Morgan fingerprint density at radius 1 is 1.47 bits per heavy atom. The van der Waals surface area contributed by atoms with Crippen molar-refractivity contribution >= 4 is 11.8 Å². The predicted octanol–water partition coefficient (Wildman–Crippen LogP) is 2.39. The molecule has 4 heteroatoms. The van der Waals surface area contributed by atoms with Crippen LogP contribution >= 0.6 is 11.8 Å². The summed E-state index contributed by atoms with van der Waals surface area (Å²) in [6, 6.07) is 4.25. The van der Waals surface area contributed by atoms with E-state index in [9.17, 15) is 0 Å². The lowest BCUT2D eigenvalue weighted by Gasteiger charge is -2.27. The van der Waals surface area contributed by atoms with E-state index in [1.165, 1.54) is 10.5 Å². The third-order valence-electron chi connectivity index (χ3n) is 3.03. The smallest absolute Gasteiger partial charge is 0.128 e. The molecule has 0 bridgehead atoms. The van der Waals surface area contributed by atoms with Crippen molar-refractivity contribution in [1.82, 2.24) is 5.32 Å². The Labute approximate surface area is 107 Å². The van der Waals surface area contributed by atoms with Gasteiger partial charge in [0.2, 0.25) is 0 Å². The molecule has 1 aromatic carbocycles. The molecule has 1 heterocycles. The molecule has 0 saturated carbocycles.